The highest BCUT2D eigenvalue weighted by Gasteiger charge is 2.38. The van der Waals surface area contributed by atoms with Crippen LogP contribution in [0.15, 0.2) is 53.3 Å². The lowest BCUT2D eigenvalue weighted by atomic mass is 9.73. The predicted molar refractivity (Wildman–Crippen MR) is 166 cm³/mol. The summed E-state index contributed by atoms with van der Waals surface area (Å²) in [7, 11) is -1.13. The summed E-state index contributed by atoms with van der Waals surface area (Å²) in [5, 5.41) is 0. The summed E-state index contributed by atoms with van der Waals surface area (Å²) < 4.78 is 21.1. The van der Waals surface area contributed by atoms with Gasteiger partial charge >= 0.3 is 6.09 Å². The topological polar surface area (TPSA) is 65.8 Å². The monoisotopic (exact) mass is 629 g/mol. The van der Waals surface area contributed by atoms with Crippen LogP contribution < -0.4 is 0 Å². The molecule has 1 fully saturated rings. The van der Waals surface area contributed by atoms with Gasteiger partial charge in [0.15, 0.2) is 0 Å². The maximum atomic E-state index is 12.7. The van der Waals surface area contributed by atoms with E-state index < -0.39 is 13.7 Å². The number of likely N-dealkylation sites (tertiary alicyclic amines) is 1. The number of piperidine rings is 1. The van der Waals surface area contributed by atoms with Crippen LogP contribution in [-0.2, 0) is 33.0 Å². The third-order valence-corrected chi connectivity index (χ3v) is 9.55. The van der Waals surface area contributed by atoms with Gasteiger partial charge in [0.25, 0.3) is 0 Å². The molecule has 7 nitrogen and oxygen atoms in total. The smallest absolute Gasteiger partial charge is 0.410 e. The number of carbonyl (C=O) groups is 1. The number of hydrogen-bond donors (Lipinski definition) is 0. The van der Waals surface area contributed by atoms with E-state index in [1.54, 1.807) is 0 Å². The molecule has 0 spiro atoms. The van der Waals surface area contributed by atoms with Crippen LogP contribution in [0.2, 0.25) is 25.7 Å². The second kappa shape index (κ2) is 12.8. The minimum Gasteiger partial charge on any atom is -0.444 e. The number of amides is 1. The SMILES string of the molecule is CC(C)(C)OC(=O)N1CCC(COCc2cc(Br)cc3c2ncn3COCC[Si](C)(C)C)(c2ccccc2)CC1. The van der Waals surface area contributed by atoms with Gasteiger partial charge in [-0.05, 0) is 57.4 Å². The zero-order valence-electron chi connectivity index (χ0n) is 24.8. The Morgan fingerprint density at radius 1 is 1.07 bits per heavy atom. The normalized spacial score (nSPS) is 15.9. The van der Waals surface area contributed by atoms with E-state index in [4.69, 9.17) is 19.2 Å². The van der Waals surface area contributed by atoms with Crippen LogP contribution in [-0.4, -0.2) is 60.5 Å². The maximum absolute atomic E-state index is 12.7. The van der Waals surface area contributed by atoms with Crippen molar-refractivity contribution in [3.8, 4) is 0 Å². The van der Waals surface area contributed by atoms with Crippen molar-refractivity contribution in [3.63, 3.8) is 0 Å². The van der Waals surface area contributed by atoms with Gasteiger partial charge in [-0.15, -0.1) is 0 Å². The number of hydrogen-bond acceptors (Lipinski definition) is 5. The lowest BCUT2D eigenvalue weighted by molar-refractivity contribution is 0.00342. The molecule has 218 valence electrons. The van der Waals surface area contributed by atoms with Crippen LogP contribution in [0.1, 0.15) is 44.7 Å². The Morgan fingerprint density at radius 2 is 1.77 bits per heavy atom. The molecule has 0 aliphatic carbocycles. The van der Waals surface area contributed by atoms with Crippen molar-refractivity contribution in [1.82, 2.24) is 14.5 Å². The highest BCUT2D eigenvalue weighted by molar-refractivity contribution is 9.10. The van der Waals surface area contributed by atoms with Gasteiger partial charge in [0.1, 0.15) is 12.3 Å². The molecule has 1 aliphatic rings. The summed E-state index contributed by atoms with van der Waals surface area (Å²) in [4.78, 5) is 19.2. The van der Waals surface area contributed by atoms with E-state index in [0.717, 1.165) is 46.6 Å². The second-order valence-corrected chi connectivity index (χ2v) is 19.6. The van der Waals surface area contributed by atoms with Crippen LogP contribution in [0.4, 0.5) is 4.79 Å². The molecule has 4 rings (SSSR count). The summed E-state index contributed by atoms with van der Waals surface area (Å²) in [5.41, 5.74) is 3.58. The van der Waals surface area contributed by atoms with E-state index in [9.17, 15) is 4.79 Å². The van der Waals surface area contributed by atoms with Crippen molar-refractivity contribution in [2.45, 2.75) is 83.7 Å². The number of carbonyl (C=O) groups excluding carboxylic acids is 1. The van der Waals surface area contributed by atoms with Gasteiger partial charge in [-0.2, -0.15) is 0 Å². The van der Waals surface area contributed by atoms with Crippen LogP contribution in [0, 0.1) is 0 Å². The molecule has 0 unspecified atom stereocenters. The molecule has 0 bridgehead atoms. The van der Waals surface area contributed by atoms with Crippen molar-refractivity contribution < 1.29 is 19.0 Å². The highest BCUT2D eigenvalue weighted by atomic mass is 79.9. The Morgan fingerprint density at radius 3 is 2.42 bits per heavy atom. The Bertz CT molecular complexity index is 1280. The number of nitrogens with zero attached hydrogens (tertiary/aromatic N) is 3. The Kier molecular flexibility index (Phi) is 9.81. The zero-order chi connectivity index (χ0) is 29.0. The predicted octanol–water partition coefficient (Wildman–Crippen LogP) is 7.60. The van der Waals surface area contributed by atoms with Crippen molar-refractivity contribution in [1.29, 1.82) is 0 Å². The van der Waals surface area contributed by atoms with Gasteiger partial charge in [-0.3, -0.25) is 0 Å². The first-order valence-electron chi connectivity index (χ1n) is 14.2. The first kappa shape index (κ1) is 30.7. The van der Waals surface area contributed by atoms with Gasteiger partial charge in [0, 0.05) is 43.2 Å². The van der Waals surface area contributed by atoms with Gasteiger partial charge in [-0.1, -0.05) is 65.9 Å². The highest BCUT2D eigenvalue weighted by Crippen LogP contribution is 2.37. The number of aromatic nitrogens is 2. The number of fused-ring (bicyclic) bond motifs is 1. The largest absolute Gasteiger partial charge is 0.444 e. The Labute approximate surface area is 248 Å². The molecular weight excluding hydrogens is 586 g/mol. The van der Waals surface area contributed by atoms with Crippen molar-refractivity contribution in [2.75, 3.05) is 26.3 Å². The number of ether oxygens (including phenoxy) is 3. The third-order valence-electron chi connectivity index (χ3n) is 7.39. The van der Waals surface area contributed by atoms with Gasteiger partial charge in [-0.25, -0.2) is 9.78 Å². The van der Waals surface area contributed by atoms with Crippen molar-refractivity contribution >= 4 is 41.1 Å². The van der Waals surface area contributed by atoms with Gasteiger partial charge in [0.2, 0.25) is 0 Å². The summed E-state index contributed by atoms with van der Waals surface area (Å²) in [6, 6.07) is 15.9. The van der Waals surface area contributed by atoms with E-state index >= 15 is 0 Å². The van der Waals surface area contributed by atoms with E-state index in [1.807, 2.05) is 38.1 Å². The number of benzene rings is 2. The number of halogens is 1. The fourth-order valence-electron chi connectivity index (χ4n) is 5.06. The lowest BCUT2D eigenvalue weighted by Gasteiger charge is -2.42. The molecule has 1 aliphatic heterocycles. The fraction of sp³-hybridized carbons (Fsp3) is 0.548. The molecule has 0 N–H and O–H groups in total. The van der Waals surface area contributed by atoms with E-state index in [2.05, 4.69) is 76.5 Å². The minimum absolute atomic E-state index is 0.172. The van der Waals surface area contributed by atoms with Crippen LogP contribution in [0.25, 0.3) is 11.0 Å². The van der Waals surface area contributed by atoms with Crippen LogP contribution in [0.5, 0.6) is 0 Å². The van der Waals surface area contributed by atoms with E-state index in [0.29, 0.717) is 33.0 Å². The van der Waals surface area contributed by atoms with Crippen LogP contribution in [0.3, 0.4) is 0 Å². The van der Waals surface area contributed by atoms with Crippen LogP contribution >= 0.6 is 15.9 Å². The first-order chi connectivity index (χ1) is 18.9. The molecule has 1 aromatic heterocycles. The minimum atomic E-state index is -1.13. The standard InChI is InChI=1S/C31H44BrN3O4Si/c1-30(2,3)39-29(36)34-14-12-31(13-15-34,25-10-8-7-9-11-25)21-38-20-24-18-26(32)19-27-28(24)33-22-35(27)23-37-16-17-40(4,5)6/h7-11,18-19,22H,12-17,20-21,23H2,1-6H3. The molecular formula is C31H44BrN3O4Si. The quantitative estimate of drug-likeness (QED) is 0.171. The number of rotatable bonds is 10. The third kappa shape index (κ3) is 8.18. The van der Waals surface area contributed by atoms with Gasteiger partial charge in [0.05, 0.1) is 30.6 Å². The molecule has 2 aromatic carbocycles. The Balaban J connectivity index is 1.44. The number of imidazole rings is 1. The average Bonchev–Trinajstić information content (AvgIpc) is 3.28. The maximum Gasteiger partial charge on any atom is 0.410 e. The molecule has 40 heavy (non-hydrogen) atoms. The lowest BCUT2D eigenvalue weighted by Crippen LogP contribution is -2.48. The zero-order valence-corrected chi connectivity index (χ0v) is 27.4. The van der Waals surface area contributed by atoms with E-state index in [1.165, 1.54) is 5.56 Å². The molecule has 0 saturated carbocycles. The second-order valence-electron chi connectivity index (χ2n) is 13.1. The van der Waals surface area contributed by atoms with E-state index in [-0.39, 0.29) is 11.5 Å². The molecule has 1 amide bonds. The molecule has 2 heterocycles. The fourth-order valence-corrected chi connectivity index (χ4v) is 6.31. The molecule has 9 heteroatoms. The van der Waals surface area contributed by atoms with Gasteiger partial charge < -0.3 is 23.7 Å². The van der Waals surface area contributed by atoms with Crippen molar-refractivity contribution in [3.05, 3.63) is 64.4 Å². The molecule has 3 aromatic rings. The average molecular weight is 631 g/mol. The Hall–Kier alpha value is -2.20. The summed E-state index contributed by atoms with van der Waals surface area (Å²) in [6.07, 6.45) is 3.24. The summed E-state index contributed by atoms with van der Waals surface area (Å²) >= 11 is 3.69. The molecule has 1 saturated heterocycles. The molecule has 0 radical (unpaired) electrons. The summed E-state index contributed by atoms with van der Waals surface area (Å²) in [5.74, 6) is 0. The molecule has 0 atom stereocenters. The summed E-state index contributed by atoms with van der Waals surface area (Å²) in [6.45, 7) is 16.3. The first-order valence-corrected chi connectivity index (χ1v) is 18.7. The van der Waals surface area contributed by atoms with Crippen molar-refractivity contribution in [2.24, 2.45) is 0 Å².